The fourth-order valence-electron chi connectivity index (χ4n) is 2.14. The average Bonchev–Trinajstić information content (AvgIpc) is 2.48. The Bertz CT molecular complexity index is 390. The van der Waals surface area contributed by atoms with Crippen LogP contribution in [-0.2, 0) is 9.53 Å². The minimum atomic E-state index is -0.134. The summed E-state index contributed by atoms with van der Waals surface area (Å²) in [7, 11) is 1.51. The number of carbonyl (C=O) groups excluding carboxylic acids is 1. The first-order valence-electron chi connectivity index (χ1n) is 7.89. The van der Waals surface area contributed by atoms with Gasteiger partial charge in [0.25, 0.3) is 0 Å². The number of rotatable bonds is 11. The van der Waals surface area contributed by atoms with Gasteiger partial charge >= 0.3 is 0 Å². The Hall–Kier alpha value is -1.55. The highest BCUT2D eigenvalue weighted by Gasteiger charge is 2.00. The van der Waals surface area contributed by atoms with E-state index in [4.69, 9.17) is 4.74 Å². The minimum Gasteiger partial charge on any atom is -0.385 e. The van der Waals surface area contributed by atoms with Crippen LogP contribution in [0.5, 0.6) is 0 Å². The molecule has 1 aromatic carbocycles. The molecule has 0 heterocycles. The second-order valence-electron chi connectivity index (χ2n) is 5.25. The third-order valence-electron chi connectivity index (χ3n) is 3.30. The van der Waals surface area contributed by atoms with Gasteiger partial charge in [0.15, 0.2) is 0 Å². The molecule has 0 bridgehead atoms. The molecule has 4 nitrogen and oxygen atoms in total. The fourth-order valence-corrected chi connectivity index (χ4v) is 2.14. The van der Waals surface area contributed by atoms with Crippen LogP contribution in [-0.4, -0.2) is 26.2 Å². The number of benzene rings is 1. The van der Waals surface area contributed by atoms with Gasteiger partial charge in [-0.3, -0.25) is 4.79 Å². The third-order valence-corrected chi connectivity index (χ3v) is 3.30. The van der Waals surface area contributed by atoms with Gasteiger partial charge in [-0.25, -0.2) is 0 Å². The lowest BCUT2D eigenvalue weighted by Gasteiger charge is -2.08. The summed E-state index contributed by atoms with van der Waals surface area (Å²) in [5.41, 5.74) is 1.88. The molecule has 0 aliphatic heterocycles. The molecule has 0 fully saturated rings. The zero-order valence-corrected chi connectivity index (χ0v) is 13.3. The number of unbranched alkanes of at least 4 members (excludes halogenated alkanes) is 5. The van der Waals surface area contributed by atoms with Crippen LogP contribution in [0.1, 0.15) is 45.4 Å². The maximum atomic E-state index is 11.4. The first kappa shape index (κ1) is 17.5. The molecule has 0 atom stereocenters. The molecule has 1 amide bonds. The molecule has 0 aromatic heterocycles. The standard InChI is InChI=1S/C17H28N2O2/c1-3-4-5-6-7-8-13-18-15-9-11-16(12-10-15)19-17(20)14-21-2/h9-12,18H,3-8,13-14H2,1-2H3,(H,19,20). The van der Waals surface area contributed by atoms with Crippen LogP contribution < -0.4 is 10.6 Å². The summed E-state index contributed by atoms with van der Waals surface area (Å²) in [6.07, 6.45) is 7.83. The highest BCUT2D eigenvalue weighted by molar-refractivity contribution is 5.91. The van der Waals surface area contributed by atoms with Crippen molar-refractivity contribution in [1.29, 1.82) is 0 Å². The molecule has 0 aliphatic carbocycles. The number of amides is 1. The summed E-state index contributed by atoms with van der Waals surface area (Å²) in [6, 6.07) is 7.77. The van der Waals surface area contributed by atoms with Crippen molar-refractivity contribution < 1.29 is 9.53 Å². The van der Waals surface area contributed by atoms with Crippen molar-refractivity contribution in [1.82, 2.24) is 0 Å². The van der Waals surface area contributed by atoms with Crippen molar-refractivity contribution in [2.75, 3.05) is 30.9 Å². The molecule has 0 radical (unpaired) electrons. The van der Waals surface area contributed by atoms with Gasteiger partial charge in [0.05, 0.1) is 0 Å². The van der Waals surface area contributed by atoms with Crippen LogP contribution in [0.15, 0.2) is 24.3 Å². The molecule has 1 aromatic rings. The van der Waals surface area contributed by atoms with Gasteiger partial charge in [0.1, 0.15) is 6.61 Å². The number of nitrogens with one attached hydrogen (secondary N) is 2. The molecular weight excluding hydrogens is 264 g/mol. The molecule has 1 rings (SSSR count). The van der Waals surface area contributed by atoms with E-state index in [1.54, 1.807) is 0 Å². The molecule has 4 heteroatoms. The van der Waals surface area contributed by atoms with Crippen LogP contribution >= 0.6 is 0 Å². The van der Waals surface area contributed by atoms with Gasteiger partial charge in [-0.1, -0.05) is 39.0 Å². The van der Waals surface area contributed by atoms with Crippen molar-refractivity contribution in [2.45, 2.75) is 45.4 Å². The fraction of sp³-hybridized carbons (Fsp3) is 0.588. The second kappa shape index (κ2) is 11.1. The van der Waals surface area contributed by atoms with Crippen molar-refractivity contribution >= 4 is 17.3 Å². The SMILES string of the molecule is CCCCCCCCNc1ccc(NC(=O)COC)cc1. The Kier molecular flexibility index (Phi) is 9.29. The predicted molar refractivity (Wildman–Crippen MR) is 88.8 cm³/mol. The maximum absolute atomic E-state index is 11.4. The Labute approximate surface area is 128 Å². The molecule has 118 valence electrons. The summed E-state index contributed by atoms with van der Waals surface area (Å²) in [4.78, 5) is 11.4. The lowest BCUT2D eigenvalue weighted by molar-refractivity contribution is -0.119. The number of hydrogen-bond donors (Lipinski definition) is 2. The van der Waals surface area contributed by atoms with Gasteiger partial charge in [0, 0.05) is 25.0 Å². The van der Waals surface area contributed by atoms with E-state index in [2.05, 4.69) is 17.6 Å². The smallest absolute Gasteiger partial charge is 0.250 e. The normalized spacial score (nSPS) is 10.4. The quantitative estimate of drug-likeness (QED) is 0.605. The van der Waals surface area contributed by atoms with E-state index in [1.165, 1.54) is 45.6 Å². The van der Waals surface area contributed by atoms with Crippen LogP contribution in [0.4, 0.5) is 11.4 Å². The molecule has 0 saturated carbocycles. The third kappa shape index (κ3) is 8.35. The van der Waals surface area contributed by atoms with Crippen molar-refractivity contribution in [3.05, 3.63) is 24.3 Å². The predicted octanol–water partition coefficient (Wildman–Crippen LogP) is 4.04. The van der Waals surface area contributed by atoms with Crippen LogP contribution in [0.25, 0.3) is 0 Å². The average molecular weight is 292 g/mol. The number of anilines is 2. The summed E-state index contributed by atoms with van der Waals surface area (Å²) in [5.74, 6) is -0.134. The molecule has 0 aliphatic rings. The topological polar surface area (TPSA) is 50.4 Å². The van der Waals surface area contributed by atoms with E-state index in [0.29, 0.717) is 0 Å². The van der Waals surface area contributed by atoms with Crippen molar-refractivity contribution in [3.63, 3.8) is 0 Å². The highest BCUT2D eigenvalue weighted by atomic mass is 16.5. The molecular formula is C17H28N2O2. The molecule has 2 N–H and O–H groups in total. The minimum absolute atomic E-state index is 0.0814. The molecule has 21 heavy (non-hydrogen) atoms. The first-order chi connectivity index (χ1) is 10.3. The summed E-state index contributed by atoms with van der Waals surface area (Å²) in [6.45, 7) is 3.32. The zero-order chi connectivity index (χ0) is 15.3. The number of ether oxygens (including phenoxy) is 1. The number of hydrogen-bond acceptors (Lipinski definition) is 3. The summed E-state index contributed by atoms with van der Waals surface area (Å²) in [5, 5.41) is 6.18. The molecule has 0 saturated heterocycles. The molecule has 0 spiro atoms. The van der Waals surface area contributed by atoms with E-state index in [0.717, 1.165) is 17.9 Å². The Morgan fingerprint density at radius 3 is 2.29 bits per heavy atom. The van der Waals surface area contributed by atoms with Crippen molar-refractivity contribution in [2.24, 2.45) is 0 Å². The Morgan fingerprint density at radius 1 is 1.00 bits per heavy atom. The van der Waals surface area contributed by atoms with E-state index in [-0.39, 0.29) is 12.5 Å². The lowest BCUT2D eigenvalue weighted by Crippen LogP contribution is -2.16. The van der Waals surface area contributed by atoms with Gasteiger partial charge in [0.2, 0.25) is 5.91 Å². The van der Waals surface area contributed by atoms with Crippen molar-refractivity contribution in [3.8, 4) is 0 Å². The molecule has 0 unspecified atom stereocenters. The summed E-state index contributed by atoms with van der Waals surface area (Å²) >= 11 is 0. The Morgan fingerprint density at radius 2 is 1.62 bits per heavy atom. The van der Waals surface area contributed by atoms with Crippen LogP contribution in [0, 0.1) is 0 Å². The highest BCUT2D eigenvalue weighted by Crippen LogP contribution is 2.14. The number of methoxy groups -OCH3 is 1. The monoisotopic (exact) mass is 292 g/mol. The van der Waals surface area contributed by atoms with Gasteiger partial charge < -0.3 is 15.4 Å². The maximum Gasteiger partial charge on any atom is 0.250 e. The van der Waals surface area contributed by atoms with E-state index in [1.807, 2.05) is 24.3 Å². The van der Waals surface area contributed by atoms with Crippen LogP contribution in [0.3, 0.4) is 0 Å². The van der Waals surface area contributed by atoms with E-state index >= 15 is 0 Å². The van der Waals surface area contributed by atoms with E-state index < -0.39 is 0 Å². The largest absolute Gasteiger partial charge is 0.385 e. The van der Waals surface area contributed by atoms with E-state index in [9.17, 15) is 4.79 Å². The summed E-state index contributed by atoms with van der Waals surface area (Å²) < 4.78 is 4.78. The number of carbonyl (C=O) groups is 1. The lowest BCUT2D eigenvalue weighted by atomic mass is 10.1. The first-order valence-corrected chi connectivity index (χ1v) is 7.89. The van der Waals surface area contributed by atoms with Gasteiger partial charge in [-0.15, -0.1) is 0 Å². The Balaban J connectivity index is 2.17. The van der Waals surface area contributed by atoms with Gasteiger partial charge in [-0.05, 0) is 30.7 Å². The van der Waals surface area contributed by atoms with Crippen LogP contribution in [0.2, 0.25) is 0 Å². The van der Waals surface area contributed by atoms with Gasteiger partial charge in [-0.2, -0.15) is 0 Å². The second-order valence-corrected chi connectivity index (χ2v) is 5.25. The zero-order valence-electron chi connectivity index (χ0n) is 13.3.